The van der Waals surface area contributed by atoms with Gasteiger partial charge in [0.25, 0.3) is 0 Å². The number of rotatable bonds is 2. The van der Waals surface area contributed by atoms with E-state index in [0.717, 1.165) is 0 Å². The minimum atomic E-state index is -0.498. The Bertz CT molecular complexity index is 826. The summed E-state index contributed by atoms with van der Waals surface area (Å²) in [7, 11) is 0. The predicted molar refractivity (Wildman–Crippen MR) is 78.8 cm³/mol. The first kappa shape index (κ1) is 13.3. The number of hydrogen-bond acceptors (Lipinski definition) is 2. The Kier molecular flexibility index (Phi) is 3.36. The van der Waals surface area contributed by atoms with Gasteiger partial charge in [0.05, 0.1) is 5.02 Å². The molecule has 20 heavy (non-hydrogen) atoms. The van der Waals surface area contributed by atoms with E-state index >= 15 is 0 Å². The van der Waals surface area contributed by atoms with Gasteiger partial charge >= 0.3 is 0 Å². The Morgan fingerprint density at radius 3 is 2.70 bits per heavy atom. The van der Waals surface area contributed by atoms with Gasteiger partial charge in [-0.1, -0.05) is 29.8 Å². The number of carbonyl (C=O) groups is 1. The molecule has 1 heterocycles. The van der Waals surface area contributed by atoms with Crippen molar-refractivity contribution in [3.8, 4) is 0 Å². The van der Waals surface area contributed by atoms with Gasteiger partial charge in [0, 0.05) is 15.4 Å². The van der Waals surface area contributed by atoms with Crippen LogP contribution in [0.1, 0.15) is 16.1 Å². The van der Waals surface area contributed by atoms with Gasteiger partial charge in [-0.3, -0.25) is 4.79 Å². The van der Waals surface area contributed by atoms with Crippen LogP contribution < -0.4 is 0 Å². The molecule has 1 aromatic heterocycles. The molecule has 0 saturated carbocycles. The van der Waals surface area contributed by atoms with E-state index in [1.807, 2.05) is 0 Å². The molecule has 5 heteroatoms. The minimum Gasteiger partial charge on any atom is -0.449 e. The second-order valence-corrected chi connectivity index (χ2v) is 5.43. The molecule has 0 aliphatic carbocycles. The van der Waals surface area contributed by atoms with Gasteiger partial charge in [-0.15, -0.1) is 0 Å². The Balaban J connectivity index is 2.13. The Hall–Kier alpha value is -1.65. The van der Waals surface area contributed by atoms with Crippen LogP contribution >= 0.6 is 27.5 Å². The molecule has 0 N–H and O–H groups in total. The number of carbonyl (C=O) groups excluding carboxylic acids is 1. The predicted octanol–water partition coefficient (Wildman–Crippen LogP) is 5.22. The molecule has 100 valence electrons. The van der Waals surface area contributed by atoms with Crippen molar-refractivity contribution in [1.29, 1.82) is 0 Å². The second-order valence-electron chi connectivity index (χ2n) is 4.20. The molecule has 0 aliphatic rings. The van der Waals surface area contributed by atoms with Crippen molar-refractivity contribution in [3.05, 3.63) is 69.1 Å². The normalized spacial score (nSPS) is 10.9. The maximum absolute atomic E-state index is 13.6. The third kappa shape index (κ3) is 2.15. The number of hydrogen-bond donors (Lipinski definition) is 0. The van der Waals surface area contributed by atoms with Crippen molar-refractivity contribution in [2.24, 2.45) is 0 Å². The molecule has 0 amide bonds. The number of para-hydroxylation sites is 1. The average molecular weight is 354 g/mol. The van der Waals surface area contributed by atoms with Gasteiger partial charge in [-0.2, -0.15) is 0 Å². The van der Waals surface area contributed by atoms with Crippen LogP contribution in [0.5, 0.6) is 0 Å². The number of fused-ring (bicyclic) bond motifs is 1. The fourth-order valence-corrected chi connectivity index (χ4v) is 2.53. The molecule has 0 unspecified atom stereocenters. The first-order valence-corrected chi connectivity index (χ1v) is 6.92. The van der Waals surface area contributed by atoms with Crippen molar-refractivity contribution in [2.75, 3.05) is 0 Å². The van der Waals surface area contributed by atoms with E-state index in [1.165, 1.54) is 12.1 Å². The van der Waals surface area contributed by atoms with E-state index in [4.69, 9.17) is 16.0 Å². The van der Waals surface area contributed by atoms with Crippen molar-refractivity contribution in [1.82, 2.24) is 0 Å². The molecule has 0 saturated heterocycles. The molecule has 0 atom stereocenters. The van der Waals surface area contributed by atoms with Gasteiger partial charge < -0.3 is 4.42 Å². The van der Waals surface area contributed by atoms with E-state index in [2.05, 4.69) is 15.9 Å². The zero-order valence-electron chi connectivity index (χ0n) is 9.99. The minimum absolute atomic E-state index is 0.0603. The Morgan fingerprint density at radius 1 is 1.20 bits per heavy atom. The van der Waals surface area contributed by atoms with Crippen molar-refractivity contribution in [2.45, 2.75) is 0 Å². The lowest BCUT2D eigenvalue weighted by Gasteiger charge is -2.02. The van der Waals surface area contributed by atoms with Crippen LogP contribution in [0.25, 0.3) is 11.0 Å². The molecule has 3 rings (SSSR count). The van der Waals surface area contributed by atoms with Crippen molar-refractivity contribution >= 4 is 44.3 Å². The summed E-state index contributed by atoms with van der Waals surface area (Å²) >= 11 is 9.34. The summed E-state index contributed by atoms with van der Waals surface area (Å²) in [5.41, 5.74) is 0.377. The average Bonchev–Trinajstić information content (AvgIpc) is 2.87. The topological polar surface area (TPSA) is 30.2 Å². The molecular weight excluding hydrogens is 347 g/mol. The van der Waals surface area contributed by atoms with Crippen molar-refractivity contribution in [3.63, 3.8) is 0 Å². The number of benzene rings is 2. The van der Waals surface area contributed by atoms with Gasteiger partial charge in [-0.05, 0) is 40.2 Å². The van der Waals surface area contributed by atoms with E-state index in [9.17, 15) is 9.18 Å². The third-order valence-electron chi connectivity index (χ3n) is 2.92. The lowest BCUT2D eigenvalue weighted by molar-refractivity contribution is 0.101. The monoisotopic (exact) mass is 352 g/mol. The zero-order chi connectivity index (χ0) is 14.3. The van der Waals surface area contributed by atoms with E-state index in [0.29, 0.717) is 20.4 Å². The SMILES string of the molecule is O=C(c1cc2cccc(F)c2o1)c1cccc(Br)c1Cl. The summed E-state index contributed by atoms with van der Waals surface area (Å²) in [6.45, 7) is 0. The second kappa shape index (κ2) is 5.04. The summed E-state index contributed by atoms with van der Waals surface area (Å²) < 4.78 is 19.5. The summed E-state index contributed by atoms with van der Waals surface area (Å²) in [5.74, 6) is -0.820. The number of ketones is 1. The molecule has 0 bridgehead atoms. The largest absolute Gasteiger partial charge is 0.449 e. The van der Waals surface area contributed by atoms with Crippen LogP contribution in [-0.2, 0) is 0 Å². The van der Waals surface area contributed by atoms with Crippen LogP contribution in [0.2, 0.25) is 5.02 Å². The fourth-order valence-electron chi connectivity index (χ4n) is 1.95. The highest BCUT2D eigenvalue weighted by molar-refractivity contribution is 9.10. The van der Waals surface area contributed by atoms with Gasteiger partial charge in [0.1, 0.15) is 0 Å². The maximum atomic E-state index is 13.6. The highest BCUT2D eigenvalue weighted by Gasteiger charge is 2.19. The van der Waals surface area contributed by atoms with E-state index < -0.39 is 5.82 Å². The third-order valence-corrected chi connectivity index (χ3v) is 4.21. The molecule has 0 aliphatic heterocycles. The quantitative estimate of drug-likeness (QED) is 0.591. The van der Waals surface area contributed by atoms with Crippen LogP contribution in [-0.4, -0.2) is 5.78 Å². The summed E-state index contributed by atoms with van der Waals surface area (Å²) in [6, 6.07) is 11.1. The lowest BCUT2D eigenvalue weighted by atomic mass is 10.1. The van der Waals surface area contributed by atoms with Crippen molar-refractivity contribution < 1.29 is 13.6 Å². The molecule has 2 nitrogen and oxygen atoms in total. The van der Waals surface area contributed by atoms with Gasteiger partial charge in [0.15, 0.2) is 17.2 Å². The summed E-state index contributed by atoms with van der Waals surface area (Å²) in [4.78, 5) is 12.4. The summed E-state index contributed by atoms with van der Waals surface area (Å²) in [5, 5.41) is 0.845. The fraction of sp³-hybridized carbons (Fsp3) is 0. The van der Waals surface area contributed by atoms with Gasteiger partial charge in [0.2, 0.25) is 5.78 Å². The highest BCUT2D eigenvalue weighted by Crippen LogP contribution is 2.30. The maximum Gasteiger partial charge on any atom is 0.229 e. The smallest absolute Gasteiger partial charge is 0.229 e. The lowest BCUT2D eigenvalue weighted by Crippen LogP contribution is -2.00. The first-order chi connectivity index (χ1) is 9.58. The summed E-state index contributed by atoms with van der Waals surface area (Å²) in [6.07, 6.45) is 0. The molecule has 0 spiro atoms. The zero-order valence-corrected chi connectivity index (χ0v) is 12.3. The van der Waals surface area contributed by atoms with Crippen LogP contribution in [0.3, 0.4) is 0 Å². The van der Waals surface area contributed by atoms with Crippen LogP contribution in [0.15, 0.2) is 51.4 Å². The van der Waals surface area contributed by atoms with Crippen LogP contribution in [0.4, 0.5) is 4.39 Å². The first-order valence-electron chi connectivity index (χ1n) is 5.74. The van der Waals surface area contributed by atoms with E-state index in [1.54, 1.807) is 30.3 Å². The molecule has 3 aromatic rings. The Morgan fingerprint density at radius 2 is 1.95 bits per heavy atom. The molecule has 0 fully saturated rings. The molecular formula is C15H7BrClFO2. The highest BCUT2D eigenvalue weighted by atomic mass is 79.9. The number of halogens is 3. The molecule has 0 radical (unpaired) electrons. The van der Waals surface area contributed by atoms with E-state index in [-0.39, 0.29) is 17.1 Å². The molecule has 2 aromatic carbocycles. The Labute approximate surface area is 127 Å². The standard InChI is InChI=1S/C15H7BrClFO2/c16-10-5-2-4-9(13(10)17)14(19)12-7-8-3-1-6-11(18)15(8)20-12/h1-7H. The van der Waals surface area contributed by atoms with Crippen LogP contribution in [0, 0.1) is 5.82 Å². The van der Waals surface area contributed by atoms with Gasteiger partial charge in [-0.25, -0.2) is 4.39 Å². The number of furan rings is 1.